The second-order valence-electron chi connectivity index (χ2n) is 4.72. The summed E-state index contributed by atoms with van der Waals surface area (Å²) in [6.45, 7) is 4.60. The Kier molecular flexibility index (Phi) is 4.30. The second kappa shape index (κ2) is 5.74. The van der Waals surface area contributed by atoms with Crippen LogP contribution in [0.15, 0.2) is 30.3 Å². The van der Waals surface area contributed by atoms with Crippen LogP contribution in [-0.4, -0.2) is 24.6 Å². The quantitative estimate of drug-likeness (QED) is 0.813. The molecule has 0 bridgehead atoms. The number of hydrogen-bond acceptors (Lipinski definition) is 2. The van der Waals surface area contributed by atoms with Crippen LogP contribution in [0, 0.1) is 5.92 Å². The average molecular weight is 235 g/mol. The van der Waals surface area contributed by atoms with E-state index in [1.165, 1.54) is 18.5 Å². The standard InChI is InChI=1S/C14H21NS/c1-11(16-2)9-15-10-13-8-14(13)12-6-4-3-5-7-12/h3-7,11,13-15H,8-10H2,1-2H3. The van der Waals surface area contributed by atoms with Crippen LogP contribution in [0.25, 0.3) is 0 Å². The molecular weight excluding hydrogens is 214 g/mol. The summed E-state index contributed by atoms with van der Waals surface area (Å²) in [4.78, 5) is 0. The Morgan fingerprint density at radius 1 is 1.38 bits per heavy atom. The van der Waals surface area contributed by atoms with Crippen LogP contribution in [0.5, 0.6) is 0 Å². The molecular formula is C14H21NS. The zero-order valence-corrected chi connectivity index (χ0v) is 11.0. The normalized spacial score (nSPS) is 25.4. The molecule has 1 aromatic carbocycles. The van der Waals surface area contributed by atoms with Gasteiger partial charge in [0.25, 0.3) is 0 Å². The predicted molar refractivity (Wildman–Crippen MR) is 73.1 cm³/mol. The zero-order valence-electron chi connectivity index (χ0n) is 10.1. The fourth-order valence-corrected chi connectivity index (χ4v) is 2.42. The average Bonchev–Trinajstić information content (AvgIpc) is 3.09. The van der Waals surface area contributed by atoms with Crippen LogP contribution in [0.1, 0.15) is 24.8 Å². The van der Waals surface area contributed by atoms with Gasteiger partial charge in [-0.05, 0) is 36.6 Å². The van der Waals surface area contributed by atoms with Gasteiger partial charge in [0, 0.05) is 11.8 Å². The molecule has 1 N–H and O–H groups in total. The fraction of sp³-hybridized carbons (Fsp3) is 0.571. The van der Waals surface area contributed by atoms with E-state index in [2.05, 4.69) is 48.8 Å². The van der Waals surface area contributed by atoms with E-state index >= 15 is 0 Å². The van der Waals surface area contributed by atoms with Crippen LogP contribution >= 0.6 is 11.8 Å². The van der Waals surface area contributed by atoms with Crippen LogP contribution < -0.4 is 5.32 Å². The first-order valence-electron chi connectivity index (χ1n) is 6.09. The monoisotopic (exact) mass is 235 g/mol. The van der Waals surface area contributed by atoms with Gasteiger partial charge in [-0.15, -0.1) is 0 Å². The van der Waals surface area contributed by atoms with E-state index < -0.39 is 0 Å². The molecule has 3 atom stereocenters. The van der Waals surface area contributed by atoms with Gasteiger partial charge in [-0.3, -0.25) is 0 Å². The number of nitrogens with one attached hydrogen (secondary N) is 1. The fourth-order valence-electron chi connectivity index (χ4n) is 2.14. The van der Waals surface area contributed by atoms with Gasteiger partial charge in [0.15, 0.2) is 0 Å². The molecule has 0 amide bonds. The van der Waals surface area contributed by atoms with Crippen molar-refractivity contribution in [1.29, 1.82) is 0 Å². The summed E-state index contributed by atoms with van der Waals surface area (Å²) in [6, 6.07) is 10.9. The molecule has 2 rings (SSSR count). The summed E-state index contributed by atoms with van der Waals surface area (Å²) in [5.41, 5.74) is 1.52. The molecule has 1 aliphatic carbocycles. The molecule has 0 aliphatic heterocycles. The third-order valence-corrected chi connectivity index (χ3v) is 4.36. The Hall–Kier alpha value is -0.470. The van der Waals surface area contributed by atoms with E-state index in [1.54, 1.807) is 0 Å². The molecule has 2 heteroatoms. The Balaban J connectivity index is 1.68. The zero-order chi connectivity index (χ0) is 11.4. The predicted octanol–water partition coefficient (Wildman–Crippen LogP) is 3.13. The lowest BCUT2D eigenvalue weighted by Gasteiger charge is -2.09. The van der Waals surface area contributed by atoms with Gasteiger partial charge in [-0.1, -0.05) is 37.3 Å². The molecule has 1 fully saturated rings. The SMILES string of the molecule is CSC(C)CNCC1CC1c1ccccc1. The molecule has 3 unspecified atom stereocenters. The molecule has 1 nitrogen and oxygen atoms in total. The molecule has 1 aliphatic rings. The Bertz CT molecular complexity index is 312. The van der Waals surface area contributed by atoms with Gasteiger partial charge < -0.3 is 5.32 Å². The van der Waals surface area contributed by atoms with Crippen molar-refractivity contribution in [2.24, 2.45) is 5.92 Å². The Morgan fingerprint density at radius 2 is 2.12 bits per heavy atom. The summed E-state index contributed by atoms with van der Waals surface area (Å²) >= 11 is 1.93. The summed E-state index contributed by atoms with van der Waals surface area (Å²) in [6.07, 6.45) is 3.54. The lowest BCUT2D eigenvalue weighted by molar-refractivity contribution is 0.626. The van der Waals surface area contributed by atoms with Crippen LogP contribution in [0.3, 0.4) is 0 Å². The van der Waals surface area contributed by atoms with Gasteiger partial charge in [0.2, 0.25) is 0 Å². The van der Waals surface area contributed by atoms with Crippen molar-refractivity contribution >= 4 is 11.8 Å². The van der Waals surface area contributed by atoms with Crippen molar-refractivity contribution < 1.29 is 0 Å². The molecule has 1 saturated carbocycles. The molecule has 0 spiro atoms. The summed E-state index contributed by atoms with van der Waals surface area (Å²) in [5.74, 6) is 1.69. The molecule has 0 aromatic heterocycles. The van der Waals surface area contributed by atoms with E-state index in [9.17, 15) is 0 Å². The number of rotatable bonds is 6. The highest BCUT2D eigenvalue weighted by Crippen LogP contribution is 2.46. The lowest BCUT2D eigenvalue weighted by atomic mass is 10.1. The summed E-state index contributed by atoms with van der Waals surface area (Å²) < 4.78 is 0. The van der Waals surface area contributed by atoms with E-state index in [0.29, 0.717) is 0 Å². The van der Waals surface area contributed by atoms with Gasteiger partial charge in [0.1, 0.15) is 0 Å². The topological polar surface area (TPSA) is 12.0 Å². The second-order valence-corrected chi connectivity index (χ2v) is 5.99. The molecule has 0 heterocycles. The first-order valence-corrected chi connectivity index (χ1v) is 7.38. The van der Waals surface area contributed by atoms with Gasteiger partial charge in [-0.25, -0.2) is 0 Å². The van der Waals surface area contributed by atoms with E-state index in [-0.39, 0.29) is 0 Å². The van der Waals surface area contributed by atoms with Gasteiger partial charge >= 0.3 is 0 Å². The van der Waals surface area contributed by atoms with E-state index in [0.717, 1.165) is 23.6 Å². The van der Waals surface area contributed by atoms with Gasteiger partial charge in [-0.2, -0.15) is 11.8 Å². The van der Waals surface area contributed by atoms with Crippen LogP contribution in [0.4, 0.5) is 0 Å². The third-order valence-electron chi connectivity index (χ3n) is 3.39. The van der Waals surface area contributed by atoms with Crippen LogP contribution in [0.2, 0.25) is 0 Å². The lowest BCUT2D eigenvalue weighted by Crippen LogP contribution is -2.24. The maximum absolute atomic E-state index is 3.58. The Labute approximate surface area is 103 Å². The maximum Gasteiger partial charge on any atom is 0.0141 e. The maximum atomic E-state index is 3.58. The highest BCUT2D eigenvalue weighted by Gasteiger charge is 2.37. The van der Waals surface area contributed by atoms with Crippen molar-refractivity contribution in [3.63, 3.8) is 0 Å². The molecule has 88 valence electrons. The van der Waals surface area contributed by atoms with Crippen LogP contribution in [-0.2, 0) is 0 Å². The number of hydrogen-bond donors (Lipinski definition) is 1. The van der Waals surface area contributed by atoms with Crippen molar-refractivity contribution in [2.75, 3.05) is 19.3 Å². The number of benzene rings is 1. The first-order chi connectivity index (χ1) is 7.81. The van der Waals surface area contributed by atoms with Crippen molar-refractivity contribution in [3.8, 4) is 0 Å². The Morgan fingerprint density at radius 3 is 2.81 bits per heavy atom. The molecule has 0 saturated heterocycles. The largest absolute Gasteiger partial charge is 0.315 e. The summed E-state index contributed by atoms with van der Waals surface area (Å²) in [7, 11) is 0. The van der Waals surface area contributed by atoms with E-state index in [4.69, 9.17) is 0 Å². The number of thioether (sulfide) groups is 1. The highest BCUT2D eigenvalue weighted by molar-refractivity contribution is 7.99. The first kappa shape index (κ1) is 12.0. The summed E-state index contributed by atoms with van der Waals surface area (Å²) in [5, 5.41) is 4.31. The van der Waals surface area contributed by atoms with Crippen molar-refractivity contribution in [2.45, 2.75) is 24.5 Å². The molecule has 16 heavy (non-hydrogen) atoms. The smallest absolute Gasteiger partial charge is 0.0141 e. The third kappa shape index (κ3) is 3.26. The minimum absolute atomic E-state index is 0.730. The van der Waals surface area contributed by atoms with Crippen molar-refractivity contribution in [1.82, 2.24) is 5.32 Å². The molecule has 1 aromatic rings. The minimum Gasteiger partial charge on any atom is -0.315 e. The van der Waals surface area contributed by atoms with Gasteiger partial charge in [0.05, 0.1) is 0 Å². The van der Waals surface area contributed by atoms with E-state index in [1.807, 2.05) is 11.8 Å². The molecule has 0 radical (unpaired) electrons. The highest BCUT2D eigenvalue weighted by atomic mass is 32.2. The van der Waals surface area contributed by atoms with Crippen molar-refractivity contribution in [3.05, 3.63) is 35.9 Å². The minimum atomic E-state index is 0.730.